The largest absolute Gasteiger partial charge is 0.478 e. The second-order valence-corrected chi connectivity index (χ2v) is 5.15. The lowest BCUT2D eigenvalue weighted by atomic mass is 10.1. The van der Waals surface area contributed by atoms with Gasteiger partial charge in [0.05, 0.1) is 11.3 Å². The molecule has 2 N–H and O–H groups in total. The second kappa shape index (κ2) is 6.48. The average Bonchev–Trinajstić information content (AvgIpc) is 3.12. The van der Waals surface area contributed by atoms with Crippen molar-refractivity contribution in [1.29, 1.82) is 0 Å². The number of anilines is 1. The summed E-state index contributed by atoms with van der Waals surface area (Å²) in [4.78, 5) is 27.4. The van der Waals surface area contributed by atoms with Crippen molar-refractivity contribution in [2.75, 3.05) is 5.32 Å². The highest BCUT2D eigenvalue weighted by Crippen LogP contribution is 2.21. The Balaban J connectivity index is 1.85. The number of amides is 1. The van der Waals surface area contributed by atoms with Gasteiger partial charge in [0.15, 0.2) is 11.5 Å². The minimum atomic E-state index is -1.28. The number of carbonyl (C=O) groups excluding carboxylic acids is 1. The SMILES string of the molecule is Cc1cc(C(=O)O)c(NC(=O)c2ccc(-n3ccnc3)nn2)cc1F. The van der Waals surface area contributed by atoms with Crippen LogP contribution in [0.4, 0.5) is 10.1 Å². The molecule has 9 heteroatoms. The van der Waals surface area contributed by atoms with Crippen LogP contribution in [0, 0.1) is 12.7 Å². The lowest BCUT2D eigenvalue weighted by Gasteiger charge is -2.10. The maximum atomic E-state index is 13.7. The Morgan fingerprint density at radius 1 is 1.24 bits per heavy atom. The van der Waals surface area contributed by atoms with Crippen molar-refractivity contribution < 1.29 is 19.1 Å². The summed E-state index contributed by atoms with van der Waals surface area (Å²) in [5.74, 6) is -2.14. The molecule has 1 aromatic carbocycles. The van der Waals surface area contributed by atoms with Gasteiger partial charge in [-0.05, 0) is 36.8 Å². The van der Waals surface area contributed by atoms with Crippen LogP contribution in [-0.4, -0.2) is 36.7 Å². The zero-order valence-corrected chi connectivity index (χ0v) is 13.0. The number of hydrogen-bond acceptors (Lipinski definition) is 5. The molecule has 126 valence electrons. The number of aromatic nitrogens is 4. The molecule has 0 atom stereocenters. The Morgan fingerprint density at radius 2 is 2.04 bits per heavy atom. The Bertz CT molecular complexity index is 939. The van der Waals surface area contributed by atoms with Crippen LogP contribution in [0.1, 0.15) is 26.4 Å². The highest BCUT2D eigenvalue weighted by molar-refractivity contribution is 6.06. The smallest absolute Gasteiger partial charge is 0.337 e. The third kappa shape index (κ3) is 3.34. The molecular weight excluding hydrogens is 329 g/mol. The van der Waals surface area contributed by atoms with E-state index in [2.05, 4.69) is 20.5 Å². The zero-order valence-electron chi connectivity index (χ0n) is 13.0. The molecule has 0 fully saturated rings. The van der Waals surface area contributed by atoms with Crippen LogP contribution < -0.4 is 5.32 Å². The Morgan fingerprint density at radius 3 is 2.64 bits per heavy atom. The molecule has 25 heavy (non-hydrogen) atoms. The van der Waals surface area contributed by atoms with E-state index in [0.29, 0.717) is 5.82 Å². The van der Waals surface area contributed by atoms with Crippen LogP contribution in [0.2, 0.25) is 0 Å². The van der Waals surface area contributed by atoms with Crippen molar-refractivity contribution in [2.45, 2.75) is 6.92 Å². The van der Waals surface area contributed by atoms with Crippen LogP contribution in [0.15, 0.2) is 43.0 Å². The first-order chi connectivity index (χ1) is 12.0. The normalized spacial score (nSPS) is 10.5. The van der Waals surface area contributed by atoms with E-state index in [1.165, 1.54) is 19.3 Å². The van der Waals surface area contributed by atoms with Gasteiger partial charge in [0.2, 0.25) is 0 Å². The van der Waals surface area contributed by atoms with Gasteiger partial charge in [0, 0.05) is 12.4 Å². The molecule has 0 saturated carbocycles. The van der Waals surface area contributed by atoms with E-state index in [1.54, 1.807) is 23.0 Å². The fourth-order valence-corrected chi connectivity index (χ4v) is 2.13. The number of carboxylic acid groups (broad SMARTS) is 1. The van der Waals surface area contributed by atoms with E-state index in [9.17, 15) is 19.1 Å². The standard InChI is InChI=1S/C16H12FN5O3/c1-9-6-10(16(24)25)13(7-11(9)17)19-15(23)12-2-3-14(21-20-12)22-5-4-18-8-22/h2-8H,1H3,(H,19,23)(H,24,25). The molecule has 0 bridgehead atoms. The summed E-state index contributed by atoms with van der Waals surface area (Å²) in [6.45, 7) is 1.44. The molecule has 8 nitrogen and oxygen atoms in total. The van der Waals surface area contributed by atoms with Gasteiger partial charge in [-0.3, -0.25) is 9.36 Å². The predicted molar refractivity (Wildman–Crippen MR) is 85.2 cm³/mol. The Labute approximate surface area is 141 Å². The van der Waals surface area contributed by atoms with Gasteiger partial charge in [0.1, 0.15) is 12.1 Å². The van der Waals surface area contributed by atoms with Gasteiger partial charge in [0.25, 0.3) is 5.91 Å². The van der Waals surface area contributed by atoms with Crippen LogP contribution in [0.25, 0.3) is 5.82 Å². The number of carbonyl (C=O) groups is 2. The van der Waals surface area contributed by atoms with Crippen molar-refractivity contribution in [1.82, 2.24) is 19.7 Å². The van der Waals surface area contributed by atoms with E-state index >= 15 is 0 Å². The van der Waals surface area contributed by atoms with Gasteiger partial charge in [-0.2, -0.15) is 0 Å². The van der Waals surface area contributed by atoms with E-state index in [0.717, 1.165) is 12.1 Å². The highest BCUT2D eigenvalue weighted by atomic mass is 19.1. The molecule has 2 heterocycles. The van der Waals surface area contributed by atoms with E-state index in [1.807, 2.05) is 0 Å². The Kier molecular flexibility index (Phi) is 4.21. The quantitative estimate of drug-likeness (QED) is 0.751. The molecule has 0 spiro atoms. The first-order valence-electron chi connectivity index (χ1n) is 7.12. The number of imidazole rings is 1. The third-order valence-electron chi connectivity index (χ3n) is 3.43. The molecule has 0 aliphatic heterocycles. The third-order valence-corrected chi connectivity index (χ3v) is 3.43. The molecule has 0 radical (unpaired) electrons. The number of aryl methyl sites for hydroxylation is 1. The minimum absolute atomic E-state index is 0.0406. The molecule has 1 amide bonds. The van der Waals surface area contributed by atoms with Crippen molar-refractivity contribution in [3.8, 4) is 5.82 Å². The molecule has 3 aromatic rings. The van der Waals surface area contributed by atoms with Crippen LogP contribution in [0.3, 0.4) is 0 Å². The zero-order chi connectivity index (χ0) is 18.0. The number of carboxylic acids is 1. The van der Waals surface area contributed by atoms with E-state index < -0.39 is 17.7 Å². The van der Waals surface area contributed by atoms with Crippen molar-refractivity contribution in [2.24, 2.45) is 0 Å². The monoisotopic (exact) mass is 341 g/mol. The van der Waals surface area contributed by atoms with E-state index in [-0.39, 0.29) is 22.5 Å². The van der Waals surface area contributed by atoms with Gasteiger partial charge in [-0.25, -0.2) is 14.2 Å². The fourth-order valence-electron chi connectivity index (χ4n) is 2.13. The second-order valence-electron chi connectivity index (χ2n) is 5.15. The van der Waals surface area contributed by atoms with Gasteiger partial charge in [-0.1, -0.05) is 0 Å². The molecular formula is C16H12FN5O3. The van der Waals surface area contributed by atoms with E-state index in [4.69, 9.17) is 0 Å². The van der Waals surface area contributed by atoms with Crippen LogP contribution >= 0.6 is 0 Å². The van der Waals surface area contributed by atoms with Gasteiger partial charge in [-0.15, -0.1) is 10.2 Å². The Hall–Kier alpha value is -3.62. The number of aromatic carboxylic acids is 1. The molecule has 2 aromatic heterocycles. The lowest BCUT2D eigenvalue weighted by Crippen LogP contribution is -2.17. The molecule has 0 aliphatic rings. The van der Waals surface area contributed by atoms with Crippen LogP contribution in [-0.2, 0) is 0 Å². The first kappa shape index (κ1) is 16.2. The summed E-state index contributed by atoms with van der Waals surface area (Å²) >= 11 is 0. The minimum Gasteiger partial charge on any atom is -0.478 e. The van der Waals surface area contributed by atoms with Crippen molar-refractivity contribution in [3.63, 3.8) is 0 Å². The maximum absolute atomic E-state index is 13.7. The number of halogens is 1. The van der Waals surface area contributed by atoms with Gasteiger partial charge >= 0.3 is 5.97 Å². The fraction of sp³-hybridized carbons (Fsp3) is 0.0625. The number of nitrogens with one attached hydrogen (secondary N) is 1. The maximum Gasteiger partial charge on any atom is 0.337 e. The summed E-state index contributed by atoms with van der Waals surface area (Å²) in [5.41, 5.74) is -0.239. The topological polar surface area (TPSA) is 110 Å². The average molecular weight is 341 g/mol. The molecule has 3 rings (SSSR count). The number of hydrogen-bond donors (Lipinski definition) is 2. The number of rotatable bonds is 4. The van der Waals surface area contributed by atoms with Crippen molar-refractivity contribution >= 4 is 17.6 Å². The number of nitrogens with zero attached hydrogens (tertiary/aromatic N) is 4. The number of benzene rings is 1. The summed E-state index contributed by atoms with van der Waals surface area (Å²) < 4.78 is 15.3. The van der Waals surface area contributed by atoms with Gasteiger partial charge < -0.3 is 10.4 Å². The molecule has 0 unspecified atom stereocenters. The lowest BCUT2D eigenvalue weighted by molar-refractivity contribution is 0.0698. The van der Waals surface area contributed by atoms with Crippen LogP contribution in [0.5, 0.6) is 0 Å². The molecule has 0 aliphatic carbocycles. The summed E-state index contributed by atoms with van der Waals surface area (Å²) in [6.07, 6.45) is 4.76. The predicted octanol–water partition coefficient (Wildman–Crippen LogP) is 2.06. The highest BCUT2D eigenvalue weighted by Gasteiger charge is 2.17. The summed E-state index contributed by atoms with van der Waals surface area (Å²) in [5, 5.41) is 19.2. The first-order valence-corrected chi connectivity index (χ1v) is 7.12. The molecule has 0 saturated heterocycles. The summed E-state index contributed by atoms with van der Waals surface area (Å²) in [7, 11) is 0. The van der Waals surface area contributed by atoms with Crippen molar-refractivity contribution in [3.05, 3.63) is 65.6 Å². The summed E-state index contributed by atoms with van der Waals surface area (Å²) in [6, 6.07) is 5.09.